The number of rotatable bonds is 8. The fraction of sp³-hybridized carbons (Fsp3) is 0.143. The molecular weight excluding hydrogens is 397 g/mol. The molecule has 3 rings (SSSR count). The molecule has 0 aliphatic rings. The maximum Gasteiger partial charge on any atom is 0.374 e. The minimum Gasteiger partial charge on any atom is -0.486 e. The summed E-state index contributed by atoms with van der Waals surface area (Å²) in [6, 6.07) is 15.8. The van der Waals surface area contributed by atoms with Crippen LogP contribution >= 0.6 is 11.8 Å². The molecule has 0 saturated carbocycles. The number of benzene rings is 2. The average Bonchev–Trinajstić information content (AvgIpc) is 3.21. The fourth-order valence-corrected chi connectivity index (χ4v) is 2.73. The van der Waals surface area contributed by atoms with Gasteiger partial charge in [-0.3, -0.25) is 4.79 Å². The summed E-state index contributed by atoms with van der Waals surface area (Å²) < 4.78 is 28.6. The summed E-state index contributed by atoms with van der Waals surface area (Å²) in [5.41, 5.74) is 0.613. The Morgan fingerprint density at radius 1 is 1.03 bits per heavy atom. The number of carbonyl (C=O) groups excluding carboxylic acids is 2. The van der Waals surface area contributed by atoms with E-state index in [2.05, 4.69) is 5.32 Å². The van der Waals surface area contributed by atoms with E-state index in [0.717, 1.165) is 4.90 Å². The minimum atomic E-state index is -0.758. The van der Waals surface area contributed by atoms with Gasteiger partial charge in [0.25, 0.3) is 5.91 Å². The van der Waals surface area contributed by atoms with Crippen LogP contribution in [0, 0.1) is 5.82 Å². The maximum atomic E-state index is 12.9. The van der Waals surface area contributed by atoms with Gasteiger partial charge in [0, 0.05) is 10.6 Å². The summed E-state index contributed by atoms with van der Waals surface area (Å²) in [5, 5.41) is 2.64. The first-order valence-electron chi connectivity index (χ1n) is 8.61. The van der Waals surface area contributed by atoms with Gasteiger partial charge in [-0.25, -0.2) is 9.18 Å². The highest BCUT2D eigenvalue weighted by molar-refractivity contribution is 7.98. The van der Waals surface area contributed by atoms with Crippen LogP contribution < -0.4 is 10.1 Å². The van der Waals surface area contributed by atoms with E-state index >= 15 is 0 Å². The highest BCUT2D eigenvalue weighted by Gasteiger charge is 2.15. The zero-order valence-electron chi connectivity index (χ0n) is 15.5. The van der Waals surface area contributed by atoms with E-state index in [1.54, 1.807) is 30.0 Å². The van der Waals surface area contributed by atoms with Crippen molar-refractivity contribution >= 4 is 29.3 Å². The van der Waals surface area contributed by atoms with Gasteiger partial charge in [0.2, 0.25) is 5.76 Å². The van der Waals surface area contributed by atoms with E-state index in [1.165, 1.54) is 30.3 Å². The number of carbonyl (C=O) groups is 2. The van der Waals surface area contributed by atoms with Gasteiger partial charge in [-0.1, -0.05) is 0 Å². The molecule has 1 N–H and O–H groups in total. The van der Waals surface area contributed by atoms with Crippen molar-refractivity contribution in [1.82, 2.24) is 0 Å². The monoisotopic (exact) mass is 415 g/mol. The normalized spacial score (nSPS) is 10.4. The average molecular weight is 415 g/mol. The van der Waals surface area contributed by atoms with E-state index in [9.17, 15) is 14.0 Å². The molecule has 0 aliphatic carbocycles. The van der Waals surface area contributed by atoms with Crippen LogP contribution in [0.1, 0.15) is 16.3 Å². The first kappa shape index (κ1) is 20.5. The van der Waals surface area contributed by atoms with E-state index in [0.29, 0.717) is 17.2 Å². The molecular formula is C21H18FNO5S. The van der Waals surface area contributed by atoms with Gasteiger partial charge in [0.05, 0.1) is 0 Å². The molecule has 0 saturated heterocycles. The number of ether oxygens (including phenoxy) is 2. The Balaban J connectivity index is 1.45. The molecule has 8 heteroatoms. The Hall–Kier alpha value is -3.26. The lowest BCUT2D eigenvalue weighted by molar-refractivity contribution is -0.119. The summed E-state index contributed by atoms with van der Waals surface area (Å²) >= 11 is 1.60. The number of hydrogen-bond acceptors (Lipinski definition) is 6. The highest BCUT2D eigenvalue weighted by atomic mass is 32.2. The molecule has 1 aromatic heterocycles. The molecule has 6 nitrogen and oxygen atoms in total. The molecule has 0 fully saturated rings. The first-order chi connectivity index (χ1) is 14.0. The van der Waals surface area contributed by atoms with Gasteiger partial charge in [0.1, 0.15) is 23.9 Å². The zero-order valence-corrected chi connectivity index (χ0v) is 16.3. The van der Waals surface area contributed by atoms with Gasteiger partial charge < -0.3 is 19.2 Å². The smallest absolute Gasteiger partial charge is 0.374 e. The number of esters is 1. The Bertz CT molecular complexity index is 969. The molecule has 3 aromatic rings. The molecule has 0 aliphatic heterocycles. The summed E-state index contributed by atoms with van der Waals surface area (Å²) in [6.45, 7) is -0.378. The molecule has 29 heavy (non-hydrogen) atoms. The van der Waals surface area contributed by atoms with Gasteiger partial charge in [-0.2, -0.15) is 0 Å². The topological polar surface area (TPSA) is 77.8 Å². The van der Waals surface area contributed by atoms with E-state index in [1.807, 2.05) is 18.4 Å². The van der Waals surface area contributed by atoms with Crippen LogP contribution in [0.2, 0.25) is 0 Å². The number of furan rings is 1. The summed E-state index contributed by atoms with van der Waals surface area (Å²) in [4.78, 5) is 25.0. The Morgan fingerprint density at radius 2 is 1.76 bits per heavy atom. The summed E-state index contributed by atoms with van der Waals surface area (Å²) in [7, 11) is 0. The van der Waals surface area contributed by atoms with Gasteiger partial charge >= 0.3 is 5.97 Å². The number of amides is 1. The third kappa shape index (κ3) is 6.11. The predicted molar refractivity (Wildman–Crippen MR) is 107 cm³/mol. The maximum absolute atomic E-state index is 12.9. The standard InChI is InChI=1S/C21H18FNO5S/c1-29-18-9-4-15(5-10-18)23-20(24)13-27-21(25)19-11-8-17(28-19)12-26-16-6-2-14(22)3-7-16/h2-11H,12-13H2,1H3,(H,23,24). The number of nitrogens with one attached hydrogen (secondary N) is 1. The van der Waals surface area contributed by atoms with Gasteiger partial charge in [0.15, 0.2) is 6.61 Å². The third-order valence-electron chi connectivity index (χ3n) is 3.77. The fourth-order valence-electron chi connectivity index (χ4n) is 2.32. The minimum absolute atomic E-state index is 0.0418. The molecule has 1 heterocycles. The lowest BCUT2D eigenvalue weighted by Crippen LogP contribution is -2.20. The summed E-state index contributed by atoms with van der Waals surface area (Å²) in [6.07, 6.45) is 1.96. The van der Waals surface area contributed by atoms with Crippen molar-refractivity contribution < 1.29 is 27.9 Å². The van der Waals surface area contributed by atoms with Crippen molar-refractivity contribution in [1.29, 1.82) is 0 Å². The van der Waals surface area contributed by atoms with Crippen LogP contribution in [0.3, 0.4) is 0 Å². The quantitative estimate of drug-likeness (QED) is 0.431. The van der Waals surface area contributed by atoms with Crippen LogP contribution in [-0.4, -0.2) is 24.7 Å². The van der Waals surface area contributed by atoms with Crippen molar-refractivity contribution in [2.24, 2.45) is 0 Å². The van der Waals surface area contributed by atoms with E-state index in [4.69, 9.17) is 13.9 Å². The van der Waals surface area contributed by atoms with Gasteiger partial charge in [-0.05, 0) is 66.9 Å². The Morgan fingerprint density at radius 3 is 2.45 bits per heavy atom. The van der Waals surface area contributed by atoms with E-state index < -0.39 is 18.5 Å². The van der Waals surface area contributed by atoms with Crippen LogP contribution in [-0.2, 0) is 16.1 Å². The van der Waals surface area contributed by atoms with Gasteiger partial charge in [-0.15, -0.1) is 11.8 Å². The van der Waals surface area contributed by atoms with Crippen molar-refractivity contribution in [2.75, 3.05) is 18.2 Å². The van der Waals surface area contributed by atoms with Crippen molar-refractivity contribution in [3.63, 3.8) is 0 Å². The molecule has 0 unspecified atom stereocenters. The van der Waals surface area contributed by atoms with Crippen molar-refractivity contribution in [3.8, 4) is 5.75 Å². The molecule has 1 amide bonds. The molecule has 0 radical (unpaired) electrons. The zero-order chi connectivity index (χ0) is 20.6. The second-order valence-corrected chi connectivity index (χ2v) is 6.74. The molecule has 0 atom stereocenters. The van der Waals surface area contributed by atoms with Crippen LogP contribution in [0.5, 0.6) is 5.75 Å². The lowest BCUT2D eigenvalue weighted by Gasteiger charge is -2.06. The van der Waals surface area contributed by atoms with Crippen LogP contribution in [0.25, 0.3) is 0 Å². The SMILES string of the molecule is CSc1ccc(NC(=O)COC(=O)c2ccc(COc3ccc(F)cc3)o2)cc1. The van der Waals surface area contributed by atoms with E-state index in [-0.39, 0.29) is 18.2 Å². The number of halogens is 1. The second kappa shape index (κ2) is 9.79. The number of anilines is 1. The largest absolute Gasteiger partial charge is 0.486 e. The predicted octanol–water partition coefficient (Wildman–Crippen LogP) is 4.52. The molecule has 150 valence electrons. The second-order valence-electron chi connectivity index (χ2n) is 5.86. The van der Waals surface area contributed by atoms with Crippen molar-refractivity contribution in [2.45, 2.75) is 11.5 Å². The lowest BCUT2D eigenvalue weighted by atomic mass is 10.3. The van der Waals surface area contributed by atoms with Crippen LogP contribution in [0.4, 0.5) is 10.1 Å². The van der Waals surface area contributed by atoms with Crippen LogP contribution in [0.15, 0.2) is 70.0 Å². The number of thioether (sulfide) groups is 1. The Kier molecular flexibility index (Phi) is 6.91. The highest BCUT2D eigenvalue weighted by Crippen LogP contribution is 2.18. The number of hydrogen-bond donors (Lipinski definition) is 1. The Labute approximate surface area is 171 Å². The molecule has 0 bridgehead atoms. The van der Waals surface area contributed by atoms with Crippen molar-refractivity contribution in [3.05, 3.63) is 78.0 Å². The summed E-state index contributed by atoms with van der Waals surface area (Å²) in [5.74, 6) is -0.761. The molecule has 2 aromatic carbocycles. The first-order valence-corrected chi connectivity index (χ1v) is 9.84. The third-order valence-corrected chi connectivity index (χ3v) is 4.51. The molecule has 0 spiro atoms.